The average molecular weight is 421 g/mol. The summed E-state index contributed by atoms with van der Waals surface area (Å²) in [4.78, 5) is 8.44. The third-order valence-corrected chi connectivity index (χ3v) is 4.64. The lowest BCUT2D eigenvalue weighted by Crippen LogP contribution is -2.40. The zero-order valence-corrected chi connectivity index (χ0v) is 16.3. The van der Waals surface area contributed by atoms with E-state index in [1.165, 1.54) is 30.6 Å². The molecule has 120 valence electrons. The Hall–Kier alpha value is -0.300. The van der Waals surface area contributed by atoms with Gasteiger partial charge in [-0.2, -0.15) is 0 Å². The fourth-order valence-corrected chi connectivity index (χ4v) is 2.98. The average Bonchev–Trinajstić information content (AvgIpc) is 3.13. The van der Waals surface area contributed by atoms with E-state index in [9.17, 15) is 0 Å². The molecule has 5 heteroatoms. The zero-order chi connectivity index (χ0) is 14.2. The third kappa shape index (κ3) is 7.49. The van der Waals surface area contributed by atoms with Crippen LogP contribution in [0, 0.1) is 5.92 Å². The molecule has 0 aliphatic heterocycles. The van der Waals surface area contributed by atoms with Crippen molar-refractivity contribution in [2.75, 3.05) is 26.7 Å². The molecule has 1 heterocycles. The van der Waals surface area contributed by atoms with Crippen molar-refractivity contribution in [3.05, 3.63) is 22.4 Å². The Balaban J connectivity index is 0.00000220. The summed E-state index contributed by atoms with van der Waals surface area (Å²) in [5, 5.41) is 5.54. The van der Waals surface area contributed by atoms with Crippen LogP contribution < -0.4 is 5.32 Å². The molecule has 0 aromatic carbocycles. The van der Waals surface area contributed by atoms with Crippen molar-refractivity contribution < 1.29 is 0 Å². The molecule has 0 unspecified atom stereocenters. The standard InChI is InChI=1S/C16H27N3S.HI/c1-3-17-16(18-11-4-6-14-8-9-14)19(2)12-10-15-7-5-13-20-15;/h5,7,13-14H,3-4,6,8-12H2,1-2H3,(H,17,18);1H. The van der Waals surface area contributed by atoms with Gasteiger partial charge in [-0.1, -0.05) is 18.9 Å². The first-order valence-corrected chi connectivity index (χ1v) is 8.69. The van der Waals surface area contributed by atoms with E-state index in [1.807, 2.05) is 11.3 Å². The van der Waals surface area contributed by atoms with Crippen LogP contribution in [-0.4, -0.2) is 37.5 Å². The Morgan fingerprint density at radius 3 is 2.90 bits per heavy atom. The van der Waals surface area contributed by atoms with Gasteiger partial charge in [-0.3, -0.25) is 4.99 Å². The van der Waals surface area contributed by atoms with Gasteiger partial charge >= 0.3 is 0 Å². The van der Waals surface area contributed by atoms with Crippen molar-refractivity contribution in [2.45, 2.75) is 39.0 Å². The van der Waals surface area contributed by atoms with Crippen molar-refractivity contribution in [1.82, 2.24) is 10.2 Å². The predicted octanol–water partition coefficient (Wildman–Crippen LogP) is 4.00. The summed E-state index contributed by atoms with van der Waals surface area (Å²) in [6.07, 6.45) is 6.59. The molecule has 0 bridgehead atoms. The lowest BCUT2D eigenvalue weighted by molar-refractivity contribution is 0.485. The molecule has 1 aliphatic rings. The number of aliphatic imine (C=N–C) groups is 1. The SMILES string of the molecule is CCNC(=NCCCC1CC1)N(C)CCc1cccs1.I. The molecule has 1 N–H and O–H groups in total. The predicted molar refractivity (Wildman–Crippen MR) is 104 cm³/mol. The van der Waals surface area contributed by atoms with Crippen molar-refractivity contribution in [3.8, 4) is 0 Å². The molecule has 1 aromatic rings. The summed E-state index contributed by atoms with van der Waals surface area (Å²) in [5.74, 6) is 2.07. The number of likely N-dealkylation sites (N-methyl/N-ethyl adjacent to an activating group) is 1. The molecule has 2 rings (SSSR count). The van der Waals surface area contributed by atoms with Crippen LogP contribution in [-0.2, 0) is 6.42 Å². The maximum Gasteiger partial charge on any atom is 0.193 e. The van der Waals surface area contributed by atoms with E-state index in [1.54, 1.807) is 0 Å². The van der Waals surface area contributed by atoms with E-state index in [2.05, 4.69) is 41.7 Å². The molecule has 0 saturated heterocycles. The summed E-state index contributed by atoms with van der Waals surface area (Å²) in [7, 11) is 2.13. The Kier molecular flexibility index (Phi) is 9.31. The molecule has 21 heavy (non-hydrogen) atoms. The van der Waals surface area contributed by atoms with Crippen LogP contribution in [0.4, 0.5) is 0 Å². The van der Waals surface area contributed by atoms with E-state index in [4.69, 9.17) is 4.99 Å². The lowest BCUT2D eigenvalue weighted by atomic mass is 10.2. The maximum absolute atomic E-state index is 4.75. The van der Waals surface area contributed by atoms with Crippen LogP contribution >= 0.6 is 35.3 Å². The van der Waals surface area contributed by atoms with Crippen LogP contribution in [0.15, 0.2) is 22.5 Å². The molecule has 1 fully saturated rings. The Morgan fingerprint density at radius 1 is 1.48 bits per heavy atom. The summed E-state index contributed by atoms with van der Waals surface area (Å²) in [6, 6.07) is 4.33. The van der Waals surface area contributed by atoms with Gasteiger partial charge in [0, 0.05) is 31.6 Å². The van der Waals surface area contributed by atoms with Gasteiger partial charge in [0.1, 0.15) is 0 Å². The highest BCUT2D eigenvalue weighted by Crippen LogP contribution is 2.33. The molecule has 0 amide bonds. The number of thiophene rings is 1. The highest BCUT2D eigenvalue weighted by Gasteiger charge is 2.19. The van der Waals surface area contributed by atoms with Crippen LogP contribution in [0.5, 0.6) is 0 Å². The minimum absolute atomic E-state index is 0. The number of guanidine groups is 1. The van der Waals surface area contributed by atoms with Gasteiger partial charge in [0.15, 0.2) is 5.96 Å². The number of nitrogens with zero attached hydrogens (tertiary/aromatic N) is 2. The van der Waals surface area contributed by atoms with Crippen molar-refractivity contribution in [1.29, 1.82) is 0 Å². The van der Waals surface area contributed by atoms with E-state index < -0.39 is 0 Å². The van der Waals surface area contributed by atoms with Crippen molar-refractivity contribution >= 4 is 41.3 Å². The summed E-state index contributed by atoms with van der Waals surface area (Å²) < 4.78 is 0. The number of nitrogens with one attached hydrogen (secondary N) is 1. The second-order valence-electron chi connectivity index (χ2n) is 5.57. The molecule has 1 saturated carbocycles. The van der Waals surface area contributed by atoms with E-state index in [0.29, 0.717) is 0 Å². The Morgan fingerprint density at radius 2 is 2.29 bits per heavy atom. The molecule has 0 atom stereocenters. The fraction of sp³-hybridized carbons (Fsp3) is 0.688. The molecule has 1 aromatic heterocycles. The molecular weight excluding hydrogens is 393 g/mol. The van der Waals surface area contributed by atoms with Crippen LogP contribution in [0.25, 0.3) is 0 Å². The van der Waals surface area contributed by atoms with Crippen LogP contribution in [0.2, 0.25) is 0 Å². The molecule has 1 aliphatic carbocycles. The minimum Gasteiger partial charge on any atom is -0.357 e. The summed E-state index contributed by atoms with van der Waals surface area (Å²) >= 11 is 1.83. The number of hydrogen-bond donors (Lipinski definition) is 1. The molecule has 0 spiro atoms. The first-order chi connectivity index (χ1) is 9.79. The molecule has 3 nitrogen and oxygen atoms in total. The smallest absolute Gasteiger partial charge is 0.193 e. The number of rotatable bonds is 8. The van der Waals surface area contributed by atoms with E-state index in [-0.39, 0.29) is 24.0 Å². The first kappa shape index (κ1) is 18.7. The van der Waals surface area contributed by atoms with Crippen molar-refractivity contribution in [3.63, 3.8) is 0 Å². The summed E-state index contributed by atoms with van der Waals surface area (Å²) in [6.45, 7) is 5.05. The van der Waals surface area contributed by atoms with Gasteiger partial charge in [0.05, 0.1) is 0 Å². The molecular formula is C16H28IN3S. The first-order valence-electron chi connectivity index (χ1n) is 7.81. The second-order valence-corrected chi connectivity index (χ2v) is 6.60. The van der Waals surface area contributed by atoms with Gasteiger partial charge in [0.25, 0.3) is 0 Å². The van der Waals surface area contributed by atoms with Gasteiger partial charge in [-0.15, -0.1) is 35.3 Å². The van der Waals surface area contributed by atoms with Crippen LogP contribution in [0.3, 0.4) is 0 Å². The fourth-order valence-electron chi connectivity index (χ4n) is 2.28. The highest BCUT2D eigenvalue weighted by molar-refractivity contribution is 14.0. The Labute approximate surface area is 150 Å². The minimum atomic E-state index is 0. The van der Waals surface area contributed by atoms with Gasteiger partial charge in [-0.25, -0.2) is 0 Å². The summed E-state index contributed by atoms with van der Waals surface area (Å²) in [5.41, 5.74) is 0. The topological polar surface area (TPSA) is 27.6 Å². The van der Waals surface area contributed by atoms with Gasteiger partial charge in [0.2, 0.25) is 0 Å². The quantitative estimate of drug-likeness (QED) is 0.298. The van der Waals surface area contributed by atoms with Crippen LogP contribution in [0.1, 0.15) is 37.5 Å². The monoisotopic (exact) mass is 421 g/mol. The molecule has 0 radical (unpaired) electrons. The van der Waals surface area contributed by atoms with Gasteiger partial charge in [-0.05, 0) is 43.6 Å². The lowest BCUT2D eigenvalue weighted by Gasteiger charge is -2.21. The largest absolute Gasteiger partial charge is 0.357 e. The zero-order valence-electron chi connectivity index (χ0n) is 13.2. The maximum atomic E-state index is 4.75. The van der Waals surface area contributed by atoms with E-state index >= 15 is 0 Å². The second kappa shape index (κ2) is 10.4. The Bertz CT molecular complexity index is 402. The highest BCUT2D eigenvalue weighted by atomic mass is 127. The normalized spacial score (nSPS) is 14.7. The van der Waals surface area contributed by atoms with E-state index in [0.717, 1.165) is 37.9 Å². The van der Waals surface area contributed by atoms with Crippen molar-refractivity contribution in [2.24, 2.45) is 10.9 Å². The third-order valence-electron chi connectivity index (χ3n) is 3.70. The number of hydrogen-bond acceptors (Lipinski definition) is 2. The van der Waals surface area contributed by atoms with Gasteiger partial charge < -0.3 is 10.2 Å². The number of halogens is 1.